The second-order valence-electron chi connectivity index (χ2n) is 6.37. The van der Waals surface area contributed by atoms with Crippen LogP contribution in [0.15, 0.2) is 46.3 Å². The first-order valence-corrected chi connectivity index (χ1v) is 10.2. The molecule has 1 fully saturated rings. The quantitative estimate of drug-likeness (QED) is 0.634. The summed E-state index contributed by atoms with van der Waals surface area (Å²) in [4.78, 5) is 10.7. The van der Waals surface area contributed by atoms with Gasteiger partial charge in [-0.2, -0.15) is 9.29 Å². The minimum atomic E-state index is -3.60. The summed E-state index contributed by atoms with van der Waals surface area (Å²) in [5, 5.41) is 4.00. The predicted molar refractivity (Wildman–Crippen MR) is 94.6 cm³/mol. The molecule has 0 amide bonds. The Balaban J connectivity index is 1.33. The van der Waals surface area contributed by atoms with Gasteiger partial charge in [0.05, 0.1) is 25.0 Å². The Kier molecular flexibility index (Phi) is 5.09. The third-order valence-corrected chi connectivity index (χ3v) is 6.27. The van der Waals surface area contributed by atoms with Crippen molar-refractivity contribution in [2.75, 3.05) is 19.7 Å². The minimum Gasteiger partial charge on any atom is -0.493 e. The van der Waals surface area contributed by atoms with Crippen molar-refractivity contribution >= 4 is 10.0 Å². The van der Waals surface area contributed by atoms with Gasteiger partial charge in [-0.15, -0.1) is 0 Å². The molecule has 3 aromatic rings. The number of sulfonamides is 1. The second-order valence-corrected chi connectivity index (χ2v) is 8.27. The van der Waals surface area contributed by atoms with E-state index in [1.165, 1.54) is 29.0 Å². The molecule has 0 aliphatic carbocycles. The van der Waals surface area contributed by atoms with E-state index in [9.17, 15) is 12.8 Å². The molecule has 1 atom stereocenters. The molecule has 2 aromatic heterocycles. The molecule has 0 spiro atoms. The van der Waals surface area contributed by atoms with E-state index in [1.54, 1.807) is 12.1 Å². The normalized spacial score (nSPS) is 17.8. The predicted octanol–water partition coefficient (Wildman–Crippen LogP) is 1.73. The number of ether oxygens (including phenoxy) is 1. The molecule has 1 saturated heterocycles. The Morgan fingerprint density at radius 3 is 2.89 bits per heavy atom. The number of imidazole rings is 1. The van der Waals surface area contributed by atoms with Gasteiger partial charge in [-0.25, -0.2) is 17.8 Å². The molecule has 0 saturated carbocycles. The van der Waals surface area contributed by atoms with Gasteiger partial charge in [0.2, 0.25) is 5.89 Å². The number of rotatable bonds is 7. The van der Waals surface area contributed by atoms with Crippen LogP contribution in [0, 0.1) is 5.82 Å². The fourth-order valence-electron chi connectivity index (χ4n) is 3.00. The van der Waals surface area contributed by atoms with Crippen LogP contribution in [-0.4, -0.2) is 52.5 Å². The summed E-state index contributed by atoms with van der Waals surface area (Å²) in [6.07, 6.45) is 3.64. The van der Waals surface area contributed by atoms with Gasteiger partial charge in [-0.1, -0.05) is 5.16 Å². The lowest BCUT2D eigenvalue weighted by Gasteiger charge is -2.14. The number of benzene rings is 1. The maximum atomic E-state index is 12.9. The lowest BCUT2D eigenvalue weighted by Crippen LogP contribution is -2.29. The van der Waals surface area contributed by atoms with Gasteiger partial charge in [-0.3, -0.25) is 0 Å². The van der Waals surface area contributed by atoms with Gasteiger partial charge in [-0.05, 0) is 30.7 Å². The van der Waals surface area contributed by atoms with Gasteiger partial charge in [0.15, 0.2) is 10.9 Å². The van der Waals surface area contributed by atoms with Crippen molar-refractivity contribution in [3.8, 4) is 5.75 Å². The number of nitrogens with one attached hydrogen (secondary N) is 1. The second kappa shape index (κ2) is 7.68. The summed E-state index contributed by atoms with van der Waals surface area (Å²) in [5.41, 5.74) is 0. The van der Waals surface area contributed by atoms with E-state index >= 15 is 0 Å². The zero-order valence-electron chi connectivity index (χ0n) is 14.8. The SMILES string of the molecule is O=S(=O)(c1cnc[nH]1)N1CCC(c2nc(CCOc3ccc(F)cc3)no2)C1. The Morgan fingerprint density at radius 2 is 2.14 bits per heavy atom. The van der Waals surface area contributed by atoms with Crippen LogP contribution in [0.2, 0.25) is 0 Å². The highest BCUT2D eigenvalue weighted by Crippen LogP contribution is 2.29. The first kappa shape index (κ1) is 18.6. The Hall–Kier alpha value is -2.79. The molecule has 11 heteroatoms. The Morgan fingerprint density at radius 1 is 1.32 bits per heavy atom. The van der Waals surface area contributed by atoms with Crippen LogP contribution in [0.3, 0.4) is 0 Å². The average molecular weight is 407 g/mol. The topological polar surface area (TPSA) is 114 Å². The highest BCUT2D eigenvalue weighted by atomic mass is 32.2. The van der Waals surface area contributed by atoms with E-state index in [0.717, 1.165) is 0 Å². The van der Waals surface area contributed by atoms with E-state index in [1.807, 2.05) is 0 Å². The molecule has 1 aromatic carbocycles. The highest BCUT2D eigenvalue weighted by Gasteiger charge is 2.36. The third-order valence-electron chi connectivity index (χ3n) is 4.48. The third kappa shape index (κ3) is 3.90. The number of H-pyrrole nitrogens is 1. The first-order valence-electron chi connectivity index (χ1n) is 8.72. The Bertz CT molecular complexity index is 1020. The Labute approximate surface area is 160 Å². The van der Waals surface area contributed by atoms with Gasteiger partial charge in [0.1, 0.15) is 11.6 Å². The molecule has 1 N–H and O–H groups in total. The molecular formula is C17H18FN5O4S. The average Bonchev–Trinajstić information content (AvgIpc) is 3.44. The summed E-state index contributed by atoms with van der Waals surface area (Å²) in [7, 11) is -3.60. The number of aromatic nitrogens is 4. The maximum absolute atomic E-state index is 12.9. The zero-order valence-corrected chi connectivity index (χ0v) is 15.6. The van der Waals surface area contributed by atoms with Crippen molar-refractivity contribution in [3.05, 3.63) is 54.3 Å². The van der Waals surface area contributed by atoms with Crippen molar-refractivity contribution in [2.24, 2.45) is 0 Å². The van der Waals surface area contributed by atoms with Crippen molar-refractivity contribution in [2.45, 2.75) is 23.8 Å². The fraction of sp³-hybridized carbons (Fsp3) is 0.353. The standard InChI is InChI=1S/C17H18FN5O4S/c18-13-1-3-14(4-2-13)26-8-6-15-21-17(27-22-15)12-5-7-23(10-12)28(24,25)16-9-19-11-20-16/h1-4,9,11-12H,5-8,10H2,(H,19,20). The molecule has 1 aliphatic heterocycles. The van der Waals surface area contributed by atoms with Gasteiger partial charge >= 0.3 is 0 Å². The smallest absolute Gasteiger partial charge is 0.260 e. The van der Waals surface area contributed by atoms with Crippen molar-refractivity contribution in [1.29, 1.82) is 0 Å². The molecule has 28 heavy (non-hydrogen) atoms. The van der Waals surface area contributed by atoms with Crippen LogP contribution in [0.4, 0.5) is 4.39 Å². The largest absolute Gasteiger partial charge is 0.493 e. The summed E-state index contributed by atoms with van der Waals surface area (Å²) in [6, 6.07) is 5.74. The molecule has 4 rings (SSSR count). The molecule has 1 aliphatic rings. The fourth-order valence-corrected chi connectivity index (χ4v) is 4.39. The lowest BCUT2D eigenvalue weighted by atomic mass is 10.1. The molecule has 3 heterocycles. The highest BCUT2D eigenvalue weighted by molar-refractivity contribution is 7.89. The number of hydrogen-bond donors (Lipinski definition) is 1. The zero-order chi connectivity index (χ0) is 19.6. The van der Waals surface area contributed by atoms with E-state index in [2.05, 4.69) is 20.1 Å². The van der Waals surface area contributed by atoms with Crippen LogP contribution < -0.4 is 4.74 Å². The van der Waals surface area contributed by atoms with Crippen molar-refractivity contribution in [1.82, 2.24) is 24.4 Å². The van der Waals surface area contributed by atoms with Crippen molar-refractivity contribution < 1.29 is 22.1 Å². The molecule has 9 nitrogen and oxygen atoms in total. The van der Waals surface area contributed by atoms with Gasteiger partial charge in [0.25, 0.3) is 10.0 Å². The van der Waals surface area contributed by atoms with E-state index in [-0.39, 0.29) is 23.3 Å². The summed E-state index contributed by atoms with van der Waals surface area (Å²) >= 11 is 0. The first-order chi connectivity index (χ1) is 13.5. The molecule has 148 valence electrons. The molecular weight excluding hydrogens is 389 g/mol. The maximum Gasteiger partial charge on any atom is 0.260 e. The minimum absolute atomic E-state index is 0.0670. The molecule has 0 bridgehead atoms. The van der Waals surface area contributed by atoms with Crippen LogP contribution in [0.1, 0.15) is 24.1 Å². The van der Waals surface area contributed by atoms with E-state index < -0.39 is 10.0 Å². The monoisotopic (exact) mass is 407 g/mol. The number of halogens is 1. The van der Waals surface area contributed by atoms with Crippen molar-refractivity contribution in [3.63, 3.8) is 0 Å². The van der Waals surface area contributed by atoms with Crippen LogP contribution in [-0.2, 0) is 16.4 Å². The number of aromatic amines is 1. The molecule has 1 unspecified atom stereocenters. The number of nitrogens with zero attached hydrogens (tertiary/aromatic N) is 4. The molecule has 0 radical (unpaired) electrons. The van der Waals surface area contributed by atoms with E-state index in [4.69, 9.17) is 9.26 Å². The van der Waals surface area contributed by atoms with Gasteiger partial charge < -0.3 is 14.2 Å². The van der Waals surface area contributed by atoms with Crippen LogP contribution >= 0.6 is 0 Å². The summed E-state index contributed by atoms with van der Waals surface area (Å²) < 4.78 is 50.1. The van der Waals surface area contributed by atoms with Crippen LogP contribution in [0.5, 0.6) is 5.75 Å². The summed E-state index contributed by atoms with van der Waals surface area (Å²) in [5.74, 6) is 0.971. The lowest BCUT2D eigenvalue weighted by molar-refractivity contribution is 0.312. The van der Waals surface area contributed by atoms with Crippen LogP contribution in [0.25, 0.3) is 0 Å². The van der Waals surface area contributed by atoms with Gasteiger partial charge in [0, 0.05) is 19.5 Å². The van der Waals surface area contributed by atoms with E-state index in [0.29, 0.717) is 43.5 Å². The summed E-state index contributed by atoms with van der Waals surface area (Å²) in [6.45, 7) is 0.960. The number of hydrogen-bond acceptors (Lipinski definition) is 7.